The summed E-state index contributed by atoms with van der Waals surface area (Å²) < 4.78 is 67.7. The average Bonchev–Trinajstić information content (AvgIpc) is 2.61. The molecular formula is C15H7Br3F3NO6S2. The predicted octanol–water partition coefficient (Wildman–Crippen LogP) is 5.87. The summed E-state index contributed by atoms with van der Waals surface area (Å²) in [6.45, 7) is 0. The van der Waals surface area contributed by atoms with Crippen LogP contribution in [0.15, 0.2) is 53.5 Å². The Morgan fingerprint density at radius 1 is 1.13 bits per heavy atom. The number of benzene rings is 2. The fraction of sp³-hybridized carbons (Fsp3) is 0.133. The van der Waals surface area contributed by atoms with Crippen LogP contribution in [-0.2, 0) is 14.6 Å². The molecule has 15 heteroatoms. The van der Waals surface area contributed by atoms with E-state index in [1.807, 2.05) is 0 Å². The molecule has 0 aliphatic carbocycles. The van der Waals surface area contributed by atoms with Gasteiger partial charge in [0.2, 0.25) is 0 Å². The molecular weight excluding hydrogens is 651 g/mol. The molecule has 162 valence electrons. The van der Waals surface area contributed by atoms with E-state index in [4.69, 9.17) is 4.74 Å². The molecule has 0 fully saturated rings. The summed E-state index contributed by atoms with van der Waals surface area (Å²) >= 11 is 10.3. The zero-order valence-electron chi connectivity index (χ0n) is 14.1. The largest absolute Gasteiger partial charge is 0.501 e. The number of thioether (sulfide) groups is 1. The standard InChI is InChI=1S/C15H7Br3F3NO6S2/c16-7-3-9(17)14(10(18)4-7)28-13(23)6-29-12-2-1-8(5-11(12)22(24)25)30(26,27)15(19,20)21/h1-5H,6H2. The lowest BCUT2D eigenvalue weighted by Gasteiger charge is -2.10. The second kappa shape index (κ2) is 9.54. The van der Waals surface area contributed by atoms with Crippen LogP contribution in [0.2, 0.25) is 0 Å². The Hall–Kier alpha value is -1.16. The van der Waals surface area contributed by atoms with Crippen molar-refractivity contribution in [3.05, 3.63) is 53.9 Å². The molecule has 2 aromatic rings. The van der Waals surface area contributed by atoms with Crippen LogP contribution in [0.25, 0.3) is 0 Å². The van der Waals surface area contributed by atoms with Crippen molar-refractivity contribution in [2.75, 3.05) is 5.75 Å². The summed E-state index contributed by atoms with van der Waals surface area (Å²) in [5.74, 6) is -1.07. The molecule has 0 radical (unpaired) electrons. The minimum atomic E-state index is -5.75. The van der Waals surface area contributed by atoms with Gasteiger partial charge in [0.1, 0.15) is 0 Å². The molecule has 0 aromatic heterocycles. The highest BCUT2D eigenvalue weighted by Gasteiger charge is 2.47. The van der Waals surface area contributed by atoms with Crippen molar-refractivity contribution < 1.29 is 36.0 Å². The fourth-order valence-electron chi connectivity index (χ4n) is 1.97. The first-order valence-electron chi connectivity index (χ1n) is 7.32. The van der Waals surface area contributed by atoms with E-state index >= 15 is 0 Å². The minimum Gasteiger partial charge on any atom is -0.423 e. The lowest BCUT2D eigenvalue weighted by atomic mass is 10.3. The Labute approximate surface area is 196 Å². The molecule has 0 atom stereocenters. The van der Waals surface area contributed by atoms with Crippen LogP contribution in [0, 0.1) is 10.1 Å². The smallest absolute Gasteiger partial charge is 0.423 e. The molecule has 0 saturated heterocycles. The minimum absolute atomic E-state index is 0.157. The first kappa shape index (κ1) is 25.1. The van der Waals surface area contributed by atoms with Crippen molar-refractivity contribution in [1.82, 2.24) is 0 Å². The predicted molar refractivity (Wildman–Crippen MR) is 112 cm³/mol. The molecule has 0 amide bonds. The van der Waals surface area contributed by atoms with Crippen molar-refractivity contribution in [2.45, 2.75) is 15.3 Å². The van der Waals surface area contributed by atoms with Crippen molar-refractivity contribution in [1.29, 1.82) is 0 Å². The summed E-state index contributed by atoms with van der Waals surface area (Å²) in [5, 5.41) is 11.2. The quantitative estimate of drug-likeness (QED) is 0.126. The van der Waals surface area contributed by atoms with Crippen LogP contribution in [0.3, 0.4) is 0 Å². The third-order valence-corrected chi connectivity index (χ3v) is 7.42. The third-order valence-electron chi connectivity index (χ3n) is 3.27. The third kappa shape index (κ3) is 5.75. The number of carbonyl (C=O) groups excluding carboxylic acids is 1. The Bertz CT molecular complexity index is 1100. The Morgan fingerprint density at radius 2 is 1.70 bits per heavy atom. The number of alkyl halides is 3. The Balaban J connectivity index is 2.23. The molecule has 2 aromatic carbocycles. The van der Waals surface area contributed by atoms with Gasteiger partial charge >= 0.3 is 11.5 Å². The van der Waals surface area contributed by atoms with Gasteiger partial charge in [-0.05, 0) is 56.1 Å². The molecule has 0 heterocycles. The van der Waals surface area contributed by atoms with Crippen molar-refractivity contribution in [2.24, 2.45) is 0 Å². The van der Waals surface area contributed by atoms with Crippen LogP contribution < -0.4 is 4.74 Å². The maximum atomic E-state index is 12.7. The van der Waals surface area contributed by atoms with E-state index in [1.54, 1.807) is 12.1 Å². The Morgan fingerprint density at radius 3 is 2.20 bits per heavy atom. The maximum absolute atomic E-state index is 12.7. The van der Waals surface area contributed by atoms with Gasteiger partial charge in [0.05, 0.1) is 29.4 Å². The van der Waals surface area contributed by atoms with E-state index < -0.39 is 42.6 Å². The van der Waals surface area contributed by atoms with Crippen LogP contribution in [0.1, 0.15) is 0 Å². The Kier molecular flexibility index (Phi) is 7.99. The lowest BCUT2D eigenvalue weighted by molar-refractivity contribution is -0.388. The first-order chi connectivity index (χ1) is 13.7. The van der Waals surface area contributed by atoms with Gasteiger partial charge in [-0.2, -0.15) is 13.2 Å². The molecule has 2 rings (SSSR count). The van der Waals surface area contributed by atoms with Gasteiger partial charge in [-0.3, -0.25) is 14.9 Å². The second-order valence-corrected chi connectivity index (χ2v) is 10.9. The summed E-state index contributed by atoms with van der Waals surface area (Å²) in [5.41, 5.74) is -6.49. The molecule has 0 spiro atoms. The number of ether oxygens (including phenoxy) is 1. The van der Waals surface area contributed by atoms with E-state index in [0.29, 0.717) is 37.3 Å². The highest BCUT2D eigenvalue weighted by molar-refractivity contribution is 9.11. The first-order valence-corrected chi connectivity index (χ1v) is 12.2. The number of hydrogen-bond acceptors (Lipinski definition) is 7. The van der Waals surface area contributed by atoms with Crippen molar-refractivity contribution in [3.8, 4) is 5.75 Å². The van der Waals surface area contributed by atoms with E-state index in [2.05, 4.69) is 47.8 Å². The molecule has 30 heavy (non-hydrogen) atoms. The summed E-state index contributed by atoms with van der Waals surface area (Å²) in [6.07, 6.45) is 0. The van der Waals surface area contributed by atoms with Crippen LogP contribution in [0.5, 0.6) is 5.75 Å². The maximum Gasteiger partial charge on any atom is 0.501 e. The van der Waals surface area contributed by atoms with Gasteiger partial charge in [-0.1, -0.05) is 15.9 Å². The lowest BCUT2D eigenvalue weighted by Crippen LogP contribution is -2.23. The van der Waals surface area contributed by atoms with Gasteiger partial charge in [0, 0.05) is 10.5 Å². The molecule has 0 aliphatic heterocycles. The van der Waals surface area contributed by atoms with Gasteiger partial charge in [0.15, 0.2) is 5.75 Å². The number of carbonyl (C=O) groups is 1. The summed E-state index contributed by atoms with van der Waals surface area (Å²) in [6, 6.07) is 4.96. The number of halogens is 6. The van der Waals surface area contributed by atoms with Crippen molar-refractivity contribution >= 4 is 81.0 Å². The van der Waals surface area contributed by atoms with E-state index in [1.165, 1.54) is 0 Å². The number of rotatable bonds is 6. The van der Waals surface area contributed by atoms with E-state index in [9.17, 15) is 36.5 Å². The van der Waals surface area contributed by atoms with E-state index in [-0.39, 0.29) is 10.6 Å². The normalized spacial score (nSPS) is 11.9. The zero-order valence-corrected chi connectivity index (χ0v) is 20.5. The van der Waals surface area contributed by atoms with Crippen LogP contribution >= 0.6 is 59.6 Å². The van der Waals surface area contributed by atoms with Crippen LogP contribution in [0.4, 0.5) is 18.9 Å². The van der Waals surface area contributed by atoms with Gasteiger partial charge in [-0.25, -0.2) is 8.42 Å². The molecule has 0 aliphatic rings. The number of sulfone groups is 1. The topological polar surface area (TPSA) is 104 Å². The van der Waals surface area contributed by atoms with Crippen molar-refractivity contribution in [3.63, 3.8) is 0 Å². The number of nitro benzene ring substituents is 1. The molecule has 0 saturated carbocycles. The number of esters is 1. The van der Waals surface area contributed by atoms with E-state index in [0.717, 1.165) is 6.07 Å². The molecule has 0 unspecified atom stereocenters. The SMILES string of the molecule is O=C(CSc1ccc(S(=O)(=O)C(F)(F)F)cc1[N+](=O)[O-])Oc1c(Br)cc(Br)cc1Br. The molecule has 0 N–H and O–H groups in total. The van der Waals surface area contributed by atoms with Gasteiger partial charge < -0.3 is 4.74 Å². The number of nitrogens with zero attached hydrogens (tertiary/aromatic N) is 1. The monoisotopic (exact) mass is 655 g/mol. The summed E-state index contributed by atoms with van der Waals surface area (Å²) in [7, 11) is -5.75. The molecule has 0 bridgehead atoms. The van der Waals surface area contributed by atoms with Gasteiger partial charge in [-0.15, -0.1) is 11.8 Å². The van der Waals surface area contributed by atoms with Gasteiger partial charge in [0.25, 0.3) is 15.5 Å². The number of hydrogen-bond donors (Lipinski definition) is 0. The van der Waals surface area contributed by atoms with Crippen LogP contribution in [-0.4, -0.2) is 30.6 Å². The second-order valence-electron chi connectivity index (χ2n) is 5.30. The molecule has 7 nitrogen and oxygen atoms in total. The zero-order chi connectivity index (χ0) is 22.9. The highest BCUT2D eigenvalue weighted by atomic mass is 79.9. The fourth-order valence-corrected chi connectivity index (χ4v) is 5.95. The number of nitro groups is 1. The summed E-state index contributed by atoms with van der Waals surface area (Å²) in [4.78, 5) is 20.8. The highest BCUT2D eigenvalue weighted by Crippen LogP contribution is 2.38. The average molecular weight is 658 g/mol.